The van der Waals surface area contributed by atoms with Gasteiger partial charge < -0.3 is 24.7 Å². The first-order chi connectivity index (χ1) is 7.12. The summed E-state index contributed by atoms with van der Waals surface area (Å²) >= 11 is 0. The van der Waals surface area contributed by atoms with Gasteiger partial charge in [0.2, 0.25) is 0 Å². The molecule has 4 N–H and O–H groups in total. The molecule has 0 unspecified atom stereocenters. The molecular formula is C12H34N2O3+2. The maximum absolute atomic E-state index is 8.42. The van der Waals surface area contributed by atoms with Crippen LogP contribution >= 0.6 is 0 Å². The van der Waals surface area contributed by atoms with Gasteiger partial charge in [0.25, 0.3) is 0 Å². The predicted molar refractivity (Wildman–Crippen MR) is 72.8 cm³/mol. The molecule has 0 saturated carbocycles. The maximum Gasteiger partial charge on any atom is 0.0802 e. The van der Waals surface area contributed by atoms with Crippen molar-refractivity contribution in [2.75, 3.05) is 68.6 Å². The van der Waals surface area contributed by atoms with Crippen molar-refractivity contribution >= 4 is 0 Å². The van der Waals surface area contributed by atoms with Crippen LogP contribution in [0.5, 0.6) is 0 Å². The van der Waals surface area contributed by atoms with Crippen LogP contribution in [-0.2, 0) is 0 Å². The molecule has 0 aliphatic rings. The Hall–Kier alpha value is -0.200. The Bertz CT molecular complexity index is 133. The van der Waals surface area contributed by atoms with E-state index < -0.39 is 0 Å². The minimum Gasteiger partial charge on any atom is -0.412 e. The van der Waals surface area contributed by atoms with Gasteiger partial charge in [-0.3, -0.25) is 0 Å². The second-order valence-corrected chi connectivity index (χ2v) is 6.18. The van der Waals surface area contributed by atoms with Crippen LogP contribution in [0.3, 0.4) is 0 Å². The number of quaternary nitrogens is 2. The van der Waals surface area contributed by atoms with Crippen molar-refractivity contribution in [1.29, 1.82) is 0 Å². The lowest BCUT2D eigenvalue weighted by Gasteiger charge is -2.22. The Morgan fingerprint density at radius 1 is 0.647 bits per heavy atom. The zero-order valence-electron chi connectivity index (χ0n) is 12.5. The lowest BCUT2D eigenvalue weighted by Crippen LogP contribution is -2.35. The van der Waals surface area contributed by atoms with Crippen molar-refractivity contribution < 1.29 is 24.7 Å². The lowest BCUT2D eigenvalue weighted by molar-refractivity contribution is -0.870. The fraction of sp³-hybridized carbons (Fsp3) is 1.00. The van der Waals surface area contributed by atoms with Gasteiger partial charge in [0.05, 0.1) is 55.4 Å². The highest BCUT2D eigenvalue weighted by atomic mass is 16.3. The van der Waals surface area contributed by atoms with Crippen molar-refractivity contribution in [3.8, 4) is 0 Å². The van der Waals surface area contributed by atoms with E-state index in [1.165, 1.54) is 0 Å². The van der Waals surface area contributed by atoms with E-state index in [-0.39, 0.29) is 5.48 Å². The van der Waals surface area contributed by atoms with E-state index in [0.29, 0.717) is 13.2 Å². The summed E-state index contributed by atoms with van der Waals surface area (Å²) < 4.78 is 1.89. The predicted octanol–water partition coefficient (Wildman–Crippen LogP) is -0.675. The number of hydrogen-bond donors (Lipinski definition) is 2. The molecular weight excluding hydrogens is 220 g/mol. The number of aliphatic hydroxyl groups excluding tert-OH is 2. The third-order valence-electron chi connectivity index (χ3n) is 1.97. The first kappa shape index (κ1) is 22.0. The molecule has 0 spiro atoms. The molecule has 0 aromatic heterocycles. The van der Waals surface area contributed by atoms with E-state index in [1.807, 2.05) is 0 Å². The van der Waals surface area contributed by atoms with Crippen molar-refractivity contribution in [3.05, 3.63) is 0 Å². The van der Waals surface area contributed by atoms with Gasteiger partial charge in [-0.2, -0.15) is 0 Å². The van der Waals surface area contributed by atoms with Gasteiger partial charge in [0, 0.05) is 26.1 Å². The SMILES string of the molecule is C[N+](C)(C)CCCO.C[N+](C)(C)CCCO.O. The van der Waals surface area contributed by atoms with Crippen molar-refractivity contribution in [2.24, 2.45) is 0 Å². The van der Waals surface area contributed by atoms with Crippen LogP contribution in [0.4, 0.5) is 0 Å². The third-order valence-corrected chi connectivity index (χ3v) is 1.97. The third kappa shape index (κ3) is 31.3. The molecule has 0 saturated heterocycles. The molecule has 0 aliphatic carbocycles. The number of aliphatic hydroxyl groups is 2. The molecule has 5 nitrogen and oxygen atoms in total. The highest BCUT2D eigenvalue weighted by Crippen LogP contribution is 1.91. The molecule has 17 heavy (non-hydrogen) atoms. The highest BCUT2D eigenvalue weighted by Gasteiger charge is 2.04. The molecule has 0 atom stereocenters. The zero-order valence-corrected chi connectivity index (χ0v) is 12.5. The largest absolute Gasteiger partial charge is 0.412 e. The molecule has 5 heteroatoms. The van der Waals surface area contributed by atoms with Crippen molar-refractivity contribution in [1.82, 2.24) is 0 Å². The van der Waals surface area contributed by atoms with Gasteiger partial charge in [-0.05, 0) is 0 Å². The Morgan fingerprint density at radius 2 is 0.882 bits per heavy atom. The van der Waals surface area contributed by atoms with Gasteiger partial charge in [-0.25, -0.2) is 0 Å². The first-order valence-electron chi connectivity index (χ1n) is 5.95. The van der Waals surface area contributed by atoms with Crippen LogP contribution in [0.25, 0.3) is 0 Å². The topological polar surface area (TPSA) is 72.0 Å². The second-order valence-electron chi connectivity index (χ2n) is 6.18. The van der Waals surface area contributed by atoms with Crippen LogP contribution in [0.15, 0.2) is 0 Å². The van der Waals surface area contributed by atoms with Gasteiger partial charge in [0.15, 0.2) is 0 Å². The normalized spacial score (nSPS) is 11.3. The van der Waals surface area contributed by atoms with E-state index in [4.69, 9.17) is 10.2 Å². The number of hydrogen-bond acceptors (Lipinski definition) is 2. The van der Waals surface area contributed by atoms with E-state index in [9.17, 15) is 0 Å². The Balaban J connectivity index is -0.000000218. The molecule has 0 aliphatic heterocycles. The maximum atomic E-state index is 8.42. The lowest BCUT2D eigenvalue weighted by atomic mass is 10.4. The first-order valence-corrected chi connectivity index (χ1v) is 5.95. The average Bonchev–Trinajstić information content (AvgIpc) is 2.10. The minimum absolute atomic E-state index is 0. The Labute approximate surface area is 107 Å². The van der Waals surface area contributed by atoms with E-state index in [1.54, 1.807) is 0 Å². The van der Waals surface area contributed by atoms with Crippen LogP contribution in [0.2, 0.25) is 0 Å². The van der Waals surface area contributed by atoms with Gasteiger partial charge in [-0.1, -0.05) is 0 Å². The summed E-state index contributed by atoms with van der Waals surface area (Å²) in [5.41, 5.74) is 0. The summed E-state index contributed by atoms with van der Waals surface area (Å²) in [5, 5.41) is 16.8. The summed E-state index contributed by atoms with van der Waals surface area (Å²) in [6.07, 6.45) is 1.81. The second kappa shape index (κ2) is 10.9. The summed E-state index contributed by atoms with van der Waals surface area (Å²) in [7, 11) is 12.7. The molecule has 0 fully saturated rings. The molecule has 0 radical (unpaired) electrons. The molecule has 0 aromatic carbocycles. The molecule has 0 aromatic rings. The smallest absolute Gasteiger partial charge is 0.0802 e. The summed E-state index contributed by atoms with van der Waals surface area (Å²) in [5.74, 6) is 0. The van der Waals surface area contributed by atoms with Gasteiger partial charge >= 0.3 is 0 Å². The molecule has 108 valence electrons. The summed E-state index contributed by atoms with van der Waals surface area (Å²) in [6.45, 7) is 2.73. The van der Waals surface area contributed by atoms with Crippen molar-refractivity contribution in [2.45, 2.75) is 12.8 Å². The molecule has 0 rings (SSSR count). The summed E-state index contributed by atoms with van der Waals surface area (Å²) in [4.78, 5) is 0. The van der Waals surface area contributed by atoms with E-state index in [2.05, 4.69) is 42.3 Å². The fourth-order valence-electron chi connectivity index (χ4n) is 1.09. The average molecular weight is 254 g/mol. The van der Waals surface area contributed by atoms with E-state index in [0.717, 1.165) is 34.9 Å². The van der Waals surface area contributed by atoms with Crippen LogP contribution < -0.4 is 0 Å². The van der Waals surface area contributed by atoms with Crippen molar-refractivity contribution in [3.63, 3.8) is 0 Å². The minimum atomic E-state index is 0. The Morgan fingerprint density at radius 3 is 0.941 bits per heavy atom. The van der Waals surface area contributed by atoms with E-state index >= 15 is 0 Å². The van der Waals surface area contributed by atoms with Gasteiger partial charge in [0.1, 0.15) is 0 Å². The van der Waals surface area contributed by atoms with Crippen LogP contribution in [-0.4, -0.2) is 93.2 Å². The molecule has 0 heterocycles. The summed E-state index contributed by atoms with van der Waals surface area (Å²) in [6, 6.07) is 0. The van der Waals surface area contributed by atoms with Crippen LogP contribution in [0.1, 0.15) is 12.8 Å². The Kier molecular flexibility index (Phi) is 14.2. The number of rotatable bonds is 6. The number of nitrogens with zero attached hydrogens (tertiary/aromatic N) is 2. The monoisotopic (exact) mass is 254 g/mol. The quantitative estimate of drug-likeness (QED) is 0.617. The molecule has 0 bridgehead atoms. The van der Waals surface area contributed by atoms with Crippen LogP contribution in [0, 0.1) is 0 Å². The standard InChI is InChI=1S/2C6H16NO.H2O/c2*1-7(2,3)5-4-6-8;/h2*8H,4-6H2,1-3H3;1H2/q2*+1;. The van der Waals surface area contributed by atoms with Gasteiger partial charge in [-0.15, -0.1) is 0 Å². The molecule has 0 amide bonds. The highest BCUT2D eigenvalue weighted by molar-refractivity contribution is 4.29. The zero-order chi connectivity index (χ0) is 13.2. The fourth-order valence-corrected chi connectivity index (χ4v) is 1.09.